The number of nitrogens with one attached hydrogen (secondary N) is 2. The third-order valence-corrected chi connectivity index (χ3v) is 7.50. The third-order valence-electron chi connectivity index (χ3n) is 7.07. The lowest BCUT2D eigenvalue weighted by Crippen LogP contribution is -2.68. The first-order chi connectivity index (χ1) is 20.4. The molecule has 2 amide bonds. The van der Waals surface area contributed by atoms with Gasteiger partial charge < -0.3 is 79.7 Å². The van der Waals surface area contributed by atoms with Crippen molar-refractivity contribution in [2.75, 3.05) is 19.8 Å². The molecule has 0 aromatic heterocycles. The summed E-state index contributed by atoms with van der Waals surface area (Å²) in [4.78, 5) is 23.5. The van der Waals surface area contributed by atoms with Crippen molar-refractivity contribution in [3.8, 4) is 0 Å². The summed E-state index contributed by atoms with van der Waals surface area (Å²) in [5, 5.41) is 87.4. The van der Waals surface area contributed by atoms with Gasteiger partial charge in [-0.05, 0) is 0 Å². The van der Waals surface area contributed by atoms with Crippen molar-refractivity contribution in [2.24, 2.45) is 0 Å². The molecule has 44 heavy (non-hydrogen) atoms. The van der Waals surface area contributed by atoms with Crippen LogP contribution in [0.2, 0.25) is 0 Å². The highest BCUT2D eigenvalue weighted by molar-refractivity contribution is 7.80. The summed E-state index contributed by atoms with van der Waals surface area (Å²) >= 11 is 0. The Bertz CT molecular complexity index is 1080. The smallest absolute Gasteiger partial charge is 0.217 e. The summed E-state index contributed by atoms with van der Waals surface area (Å²) in [5.41, 5.74) is 0. The van der Waals surface area contributed by atoms with Crippen LogP contribution in [0.1, 0.15) is 13.8 Å². The average Bonchev–Trinajstić information content (AvgIpc) is 2.93. The van der Waals surface area contributed by atoms with E-state index < -0.39 is 134 Å². The predicted molar refractivity (Wildman–Crippen MR) is 133 cm³/mol. The van der Waals surface area contributed by atoms with Crippen molar-refractivity contribution in [3.05, 3.63) is 0 Å². The van der Waals surface area contributed by atoms with Gasteiger partial charge in [0.15, 0.2) is 18.9 Å². The first-order valence-corrected chi connectivity index (χ1v) is 14.5. The van der Waals surface area contributed by atoms with Crippen molar-refractivity contribution in [1.82, 2.24) is 10.6 Å². The zero-order valence-corrected chi connectivity index (χ0v) is 24.1. The van der Waals surface area contributed by atoms with E-state index in [1.165, 1.54) is 0 Å². The summed E-state index contributed by atoms with van der Waals surface area (Å²) in [6.45, 7) is -0.379. The number of carbonyl (C=O) groups excluding carboxylic acids is 2. The van der Waals surface area contributed by atoms with Gasteiger partial charge in [0.25, 0.3) is 0 Å². The standard InChI is InChI=1S/C22H38N2O19S/c1-6(26)23-11-16(31)13(28)8(3-25)41-21(11)38-4-9-15(30)19(12(20(34)40-9)24-7(2)27)43-22-18(33)17(32)14(29)10(42-22)5-39-44(35,36)37/h8-22,25,28-34H,3-5H2,1-2H3,(H,23,26)(H,24,27)(H,35,36,37)/p-1/t8-,9-,10-,11-,12-,13+,14-,15+,16-,17+,18-,19-,20-,21-,22+/m1/s1. The fourth-order valence-electron chi connectivity index (χ4n) is 4.90. The van der Waals surface area contributed by atoms with Crippen LogP contribution in [-0.2, 0) is 47.9 Å². The van der Waals surface area contributed by atoms with Crippen molar-refractivity contribution in [1.29, 1.82) is 0 Å². The van der Waals surface area contributed by atoms with Crippen LogP contribution in [0.3, 0.4) is 0 Å². The Kier molecular flexibility index (Phi) is 12.7. The molecule has 3 rings (SSSR count). The van der Waals surface area contributed by atoms with E-state index in [2.05, 4.69) is 14.8 Å². The lowest BCUT2D eigenvalue weighted by Gasteiger charge is -2.47. The lowest BCUT2D eigenvalue weighted by atomic mass is 9.95. The van der Waals surface area contributed by atoms with Gasteiger partial charge in [-0.3, -0.25) is 13.8 Å². The van der Waals surface area contributed by atoms with Crippen LogP contribution in [-0.4, -0.2) is 177 Å². The Hall–Kier alpha value is -1.71. The van der Waals surface area contributed by atoms with Gasteiger partial charge >= 0.3 is 0 Å². The molecule has 3 aliphatic heterocycles. The SMILES string of the molecule is CC(=O)N[C@@H]1[C@@H](O[C@@H]2O[C@H](COS(=O)(=O)[O-])[C@@H](O)[C@H](O)[C@H]2O)[C@@H](O)[C@@H](CO[C@@H]2O[C@H](CO)[C@H](O)[C@H](O)[C@H]2NC(C)=O)O[C@H]1O. The van der Waals surface area contributed by atoms with E-state index in [9.17, 15) is 63.4 Å². The topological polar surface area (TPSA) is 333 Å². The summed E-state index contributed by atoms with van der Waals surface area (Å²) in [6.07, 6.45) is -23.0. The van der Waals surface area contributed by atoms with Gasteiger partial charge in [0.05, 0.1) is 19.8 Å². The number of amides is 2. The number of aliphatic hydroxyl groups is 8. The Balaban J connectivity index is 1.80. The van der Waals surface area contributed by atoms with E-state index in [0.717, 1.165) is 13.8 Å². The monoisotopic (exact) mass is 665 g/mol. The highest BCUT2D eigenvalue weighted by Gasteiger charge is 2.52. The fourth-order valence-corrected chi connectivity index (χ4v) is 5.20. The molecule has 3 aliphatic rings. The first-order valence-electron chi connectivity index (χ1n) is 13.2. The molecule has 0 aromatic carbocycles. The van der Waals surface area contributed by atoms with Crippen molar-refractivity contribution >= 4 is 22.2 Å². The Morgan fingerprint density at radius 1 is 0.727 bits per heavy atom. The molecule has 3 fully saturated rings. The minimum Gasteiger partial charge on any atom is -0.726 e. The highest BCUT2D eigenvalue weighted by atomic mass is 32.3. The second kappa shape index (κ2) is 15.3. The molecule has 0 spiro atoms. The molecule has 0 radical (unpaired) electrons. The van der Waals surface area contributed by atoms with Crippen LogP contribution in [0.15, 0.2) is 0 Å². The maximum Gasteiger partial charge on any atom is 0.217 e. The quantitative estimate of drug-likeness (QED) is 0.0723. The van der Waals surface area contributed by atoms with Crippen molar-refractivity contribution in [3.63, 3.8) is 0 Å². The van der Waals surface area contributed by atoms with Crippen molar-refractivity contribution in [2.45, 2.75) is 106 Å². The zero-order chi connectivity index (χ0) is 33.1. The van der Waals surface area contributed by atoms with Crippen molar-refractivity contribution < 1.29 is 91.3 Å². The van der Waals surface area contributed by atoms with Gasteiger partial charge in [-0.1, -0.05) is 0 Å². The molecule has 3 heterocycles. The first kappa shape index (κ1) is 36.8. The summed E-state index contributed by atoms with van der Waals surface area (Å²) in [6, 6.07) is -2.94. The number of rotatable bonds is 11. The molecule has 0 bridgehead atoms. The second-order valence-electron chi connectivity index (χ2n) is 10.4. The number of ether oxygens (including phenoxy) is 5. The van der Waals surface area contributed by atoms with Gasteiger partial charge in [0, 0.05) is 13.8 Å². The maximum atomic E-state index is 11.8. The van der Waals surface area contributed by atoms with Crippen LogP contribution in [0.25, 0.3) is 0 Å². The maximum absolute atomic E-state index is 11.8. The average molecular weight is 666 g/mol. The van der Waals surface area contributed by atoms with Gasteiger partial charge in [-0.15, -0.1) is 0 Å². The molecule has 22 heteroatoms. The predicted octanol–water partition coefficient (Wildman–Crippen LogP) is -7.80. The Morgan fingerprint density at radius 2 is 1.27 bits per heavy atom. The lowest BCUT2D eigenvalue weighted by molar-refractivity contribution is -0.345. The zero-order valence-electron chi connectivity index (χ0n) is 23.3. The number of hydrogen-bond donors (Lipinski definition) is 10. The van der Waals surface area contributed by atoms with Crippen LogP contribution in [0, 0.1) is 0 Å². The van der Waals surface area contributed by atoms with E-state index in [4.69, 9.17) is 23.7 Å². The minimum absolute atomic E-state index is 0.646. The summed E-state index contributed by atoms with van der Waals surface area (Å²) < 4.78 is 63.9. The fraction of sp³-hybridized carbons (Fsp3) is 0.909. The molecule has 10 N–H and O–H groups in total. The molecule has 256 valence electrons. The summed E-state index contributed by atoms with van der Waals surface area (Å²) in [7, 11) is -5.26. The molecule has 0 aliphatic carbocycles. The van der Waals surface area contributed by atoms with E-state index in [-0.39, 0.29) is 0 Å². The van der Waals surface area contributed by atoms with Crippen LogP contribution in [0.4, 0.5) is 0 Å². The van der Waals surface area contributed by atoms with Gasteiger partial charge in [0.2, 0.25) is 22.2 Å². The Labute approximate surface area is 250 Å². The van der Waals surface area contributed by atoms with E-state index >= 15 is 0 Å². The molecule has 0 saturated carbocycles. The van der Waals surface area contributed by atoms with Gasteiger partial charge in [-0.25, -0.2) is 8.42 Å². The molecule has 21 nitrogen and oxygen atoms in total. The second-order valence-corrected chi connectivity index (χ2v) is 11.4. The molecule has 3 saturated heterocycles. The van der Waals surface area contributed by atoms with Gasteiger partial charge in [0.1, 0.15) is 73.1 Å². The minimum atomic E-state index is -5.26. The largest absolute Gasteiger partial charge is 0.726 e. The van der Waals surface area contributed by atoms with E-state index in [0.29, 0.717) is 0 Å². The van der Waals surface area contributed by atoms with Gasteiger partial charge in [-0.2, -0.15) is 0 Å². The molecule has 0 unspecified atom stereocenters. The van der Waals surface area contributed by atoms with E-state index in [1.807, 2.05) is 0 Å². The van der Waals surface area contributed by atoms with E-state index in [1.54, 1.807) is 0 Å². The molecular weight excluding hydrogens is 628 g/mol. The molecule has 0 aromatic rings. The summed E-state index contributed by atoms with van der Waals surface area (Å²) in [5.74, 6) is -1.39. The van der Waals surface area contributed by atoms with Crippen LogP contribution >= 0.6 is 0 Å². The third kappa shape index (κ3) is 8.97. The molecule has 15 atom stereocenters. The Morgan fingerprint density at radius 3 is 1.84 bits per heavy atom. The molecular formula is C22H37N2O19S-. The highest BCUT2D eigenvalue weighted by Crippen LogP contribution is 2.30. The van der Waals surface area contributed by atoms with Crippen LogP contribution in [0.5, 0.6) is 0 Å². The number of hydrogen-bond acceptors (Lipinski definition) is 19. The van der Waals surface area contributed by atoms with Crippen LogP contribution < -0.4 is 10.6 Å². The number of carbonyl (C=O) groups is 2. The number of aliphatic hydroxyl groups excluding tert-OH is 8. The normalized spacial score (nSPS) is 43.3.